The molecule has 0 saturated heterocycles. The highest BCUT2D eigenvalue weighted by Gasteiger charge is 2.05. The molecule has 0 radical (unpaired) electrons. The van der Waals surface area contributed by atoms with Gasteiger partial charge in [-0.05, 0) is 35.9 Å². The van der Waals surface area contributed by atoms with Crippen molar-refractivity contribution in [1.29, 1.82) is 0 Å². The van der Waals surface area contributed by atoms with E-state index in [0.29, 0.717) is 12.2 Å². The minimum Gasteiger partial charge on any atom is -0.347 e. The third kappa shape index (κ3) is 2.64. The molecule has 1 N–H and O–H groups in total. The Morgan fingerprint density at radius 1 is 1.00 bits per heavy atom. The van der Waals surface area contributed by atoms with Gasteiger partial charge in [-0.1, -0.05) is 18.2 Å². The van der Waals surface area contributed by atoms with Crippen molar-refractivity contribution < 1.29 is 4.79 Å². The maximum atomic E-state index is 11.9. The minimum absolute atomic E-state index is 0.170. The number of hydrogen-bond donors (Lipinski definition) is 1. The van der Waals surface area contributed by atoms with E-state index in [1.807, 2.05) is 30.3 Å². The zero-order valence-corrected chi connectivity index (χ0v) is 10.8. The van der Waals surface area contributed by atoms with E-state index in [1.165, 1.54) is 0 Å². The Bertz CT molecular complexity index is 741. The van der Waals surface area contributed by atoms with E-state index < -0.39 is 0 Å². The van der Waals surface area contributed by atoms with Crippen molar-refractivity contribution in [3.05, 3.63) is 72.2 Å². The van der Waals surface area contributed by atoms with Gasteiger partial charge in [-0.25, -0.2) is 0 Å². The fourth-order valence-corrected chi connectivity index (χ4v) is 2.01. The molecule has 0 spiro atoms. The van der Waals surface area contributed by atoms with Crippen LogP contribution in [0, 0.1) is 0 Å². The highest BCUT2D eigenvalue weighted by atomic mass is 16.1. The van der Waals surface area contributed by atoms with Crippen LogP contribution in [0.4, 0.5) is 0 Å². The van der Waals surface area contributed by atoms with Crippen LogP contribution in [-0.2, 0) is 6.54 Å². The number of carbonyl (C=O) groups is 1. The van der Waals surface area contributed by atoms with Gasteiger partial charge in [-0.15, -0.1) is 0 Å². The summed E-state index contributed by atoms with van der Waals surface area (Å²) in [5, 5.41) is 3.92. The first kappa shape index (κ1) is 12.3. The zero-order valence-electron chi connectivity index (χ0n) is 10.8. The van der Waals surface area contributed by atoms with Crippen LogP contribution in [0.1, 0.15) is 16.1 Å². The molecular weight excluding hydrogens is 250 g/mol. The van der Waals surface area contributed by atoms with Crippen LogP contribution in [0.15, 0.2) is 60.9 Å². The molecule has 98 valence electrons. The lowest BCUT2D eigenvalue weighted by molar-refractivity contribution is 0.0946. The van der Waals surface area contributed by atoms with Gasteiger partial charge in [0.15, 0.2) is 0 Å². The van der Waals surface area contributed by atoms with Crippen LogP contribution >= 0.6 is 0 Å². The molecule has 3 rings (SSSR count). The molecule has 0 unspecified atom stereocenters. The molecule has 1 aromatic carbocycles. The average Bonchev–Trinajstić information content (AvgIpc) is 2.53. The highest BCUT2D eigenvalue weighted by molar-refractivity contribution is 5.92. The molecule has 0 aliphatic carbocycles. The van der Waals surface area contributed by atoms with E-state index in [2.05, 4.69) is 15.3 Å². The zero-order chi connectivity index (χ0) is 13.8. The van der Waals surface area contributed by atoms with Gasteiger partial charge in [-0.2, -0.15) is 0 Å². The molecule has 2 heterocycles. The maximum absolute atomic E-state index is 11.9. The Hall–Kier alpha value is -2.75. The quantitative estimate of drug-likeness (QED) is 0.790. The molecule has 4 nitrogen and oxygen atoms in total. The number of fused-ring (bicyclic) bond motifs is 1. The number of pyridine rings is 2. The average molecular weight is 263 g/mol. The number of nitrogens with zero attached hydrogens (tertiary/aromatic N) is 2. The molecule has 3 aromatic rings. The van der Waals surface area contributed by atoms with Crippen molar-refractivity contribution in [1.82, 2.24) is 15.3 Å². The van der Waals surface area contributed by atoms with Crippen molar-refractivity contribution in [3.8, 4) is 0 Å². The van der Waals surface area contributed by atoms with E-state index in [-0.39, 0.29) is 5.91 Å². The number of carbonyl (C=O) groups excluding carboxylic acids is 1. The number of nitrogens with one attached hydrogen (secondary N) is 1. The van der Waals surface area contributed by atoms with Crippen molar-refractivity contribution in [3.63, 3.8) is 0 Å². The Morgan fingerprint density at radius 2 is 1.90 bits per heavy atom. The van der Waals surface area contributed by atoms with E-state index in [4.69, 9.17) is 0 Å². The summed E-state index contributed by atoms with van der Waals surface area (Å²) in [5.74, 6) is -0.170. The summed E-state index contributed by atoms with van der Waals surface area (Å²) in [6.45, 7) is 0.472. The van der Waals surface area contributed by atoms with Crippen molar-refractivity contribution in [2.24, 2.45) is 0 Å². The molecule has 0 aliphatic rings. The first-order chi connectivity index (χ1) is 9.83. The van der Waals surface area contributed by atoms with E-state index in [0.717, 1.165) is 16.5 Å². The van der Waals surface area contributed by atoms with Crippen molar-refractivity contribution in [2.75, 3.05) is 0 Å². The number of aromatic nitrogens is 2. The largest absolute Gasteiger partial charge is 0.347 e. The van der Waals surface area contributed by atoms with Crippen molar-refractivity contribution in [2.45, 2.75) is 6.54 Å². The van der Waals surface area contributed by atoms with Crippen LogP contribution in [-0.4, -0.2) is 15.9 Å². The van der Waals surface area contributed by atoms with Crippen molar-refractivity contribution >= 4 is 16.8 Å². The molecule has 20 heavy (non-hydrogen) atoms. The van der Waals surface area contributed by atoms with Crippen LogP contribution in [0.2, 0.25) is 0 Å². The predicted octanol–water partition coefficient (Wildman–Crippen LogP) is 2.56. The lowest BCUT2D eigenvalue weighted by Gasteiger charge is -2.06. The molecule has 0 bridgehead atoms. The van der Waals surface area contributed by atoms with E-state index in [1.54, 1.807) is 30.6 Å². The van der Waals surface area contributed by atoms with Crippen LogP contribution in [0.3, 0.4) is 0 Å². The lowest BCUT2D eigenvalue weighted by atomic mass is 10.1. The van der Waals surface area contributed by atoms with Crippen LogP contribution in [0.5, 0.6) is 0 Å². The second kappa shape index (κ2) is 5.48. The summed E-state index contributed by atoms with van der Waals surface area (Å²) in [6, 6.07) is 15.1. The molecule has 2 aromatic heterocycles. The smallest absolute Gasteiger partial charge is 0.270 e. The fraction of sp³-hybridized carbons (Fsp3) is 0.0625. The Morgan fingerprint density at radius 3 is 2.75 bits per heavy atom. The standard InChI is InChI=1S/C16H13N3O/c20-16(15-5-1-2-8-18-15)19-11-12-6-7-14-13(10-12)4-3-9-17-14/h1-10H,11H2,(H,19,20). The third-order valence-electron chi connectivity index (χ3n) is 3.02. The fourth-order valence-electron chi connectivity index (χ4n) is 2.01. The summed E-state index contributed by atoms with van der Waals surface area (Å²) >= 11 is 0. The van der Waals surface area contributed by atoms with Gasteiger partial charge < -0.3 is 5.32 Å². The normalized spacial score (nSPS) is 10.4. The summed E-state index contributed by atoms with van der Waals surface area (Å²) in [6.07, 6.45) is 3.38. The van der Waals surface area contributed by atoms with E-state index in [9.17, 15) is 4.79 Å². The maximum Gasteiger partial charge on any atom is 0.270 e. The van der Waals surface area contributed by atoms with Gasteiger partial charge in [0.1, 0.15) is 5.69 Å². The van der Waals surface area contributed by atoms with Gasteiger partial charge in [-0.3, -0.25) is 14.8 Å². The Labute approximate surface area is 116 Å². The number of amides is 1. The summed E-state index contributed by atoms with van der Waals surface area (Å²) in [7, 11) is 0. The first-order valence-electron chi connectivity index (χ1n) is 6.36. The predicted molar refractivity (Wildman–Crippen MR) is 77.2 cm³/mol. The van der Waals surface area contributed by atoms with Gasteiger partial charge in [0, 0.05) is 24.3 Å². The first-order valence-corrected chi connectivity index (χ1v) is 6.36. The van der Waals surface area contributed by atoms with Crippen LogP contribution in [0.25, 0.3) is 10.9 Å². The highest BCUT2D eigenvalue weighted by Crippen LogP contribution is 2.13. The van der Waals surface area contributed by atoms with Gasteiger partial charge >= 0.3 is 0 Å². The molecule has 0 saturated carbocycles. The van der Waals surface area contributed by atoms with Gasteiger partial charge in [0.25, 0.3) is 5.91 Å². The Kier molecular flexibility index (Phi) is 3.37. The molecule has 0 aliphatic heterocycles. The summed E-state index contributed by atoms with van der Waals surface area (Å²) < 4.78 is 0. The lowest BCUT2D eigenvalue weighted by Crippen LogP contribution is -2.23. The summed E-state index contributed by atoms with van der Waals surface area (Å²) in [4.78, 5) is 20.2. The minimum atomic E-state index is -0.170. The molecule has 0 atom stereocenters. The number of rotatable bonds is 3. The van der Waals surface area contributed by atoms with Gasteiger partial charge in [0.2, 0.25) is 0 Å². The van der Waals surface area contributed by atoms with E-state index >= 15 is 0 Å². The van der Waals surface area contributed by atoms with Crippen LogP contribution < -0.4 is 5.32 Å². The monoisotopic (exact) mass is 263 g/mol. The second-order valence-corrected chi connectivity index (χ2v) is 4.43. The van der Waals surface area contributed by atoms with Gasteiger partial charge in [0.05, 0.1) is 5.52 Å². The topological polar surface area (TPSA) is 54.9 Å². The molecule has 0 fully saturated rings. The molecule has 4 heteroatoms. The Balaban J connectivity index is 1.72. The number of hydrogen-bond acceptors (Lipinski definition) is 3. The third-order valence-corrected chi connectivity index (χ3v) is 3.02. The molecule has 1 amide bonds. The number of benzene rings is 1. The summed E-state index contributed by atoms with van der Waals surface area (Å²) in [5.41, 5.74) is 2.41. The second-order valence-electron chi connectivity index (χ2n) is 4.43. The SMILES string of the molecule is O=C(NCc1ccc2ncccc2c1)c1ccccn1. The molecular formula is C16H13N3O.